The zero-order chi connectivity index (χ0) is 13.5. The van der Waals surface area contributed by atoms with E-state index < -0.39 is 20.8 Å². The molecule has 0 aromatic heterocycles. The van der Waals surface area contributed by atoms with Crippen molar-refractivity contribution in [2.24, 2.45) is 0 Å². The number of aliphatic hydroxyl groups is 2. The standard InChI is InChI=1S/C12H26O4Si/c1-11(2,3)17(12(4,5)6)15-8-9(14)10(7-13)16-17/h9-10,13-14H,7-8H2,1-6H3/t9-,10+/m1/s1. The SMILES string of the molecule is CC(C)(C)[Si]1(C(C)(C)C)OC[C@@H](O)[C@H](CO)O1. The molecule has 0 aromatic carbocycles. The number of aliphatic hydroxyl groups excluding tert-OH is 2. The maximum Gasteiger partial charge on any atom is 0.349 e. The second kappa shape index (κ2) is 4.62. The van der Waals surface area contributed by atoms with Crippen molar-refractivity contribution in [1.29, 1.82) is 0 Å². The molecule has 0 amide bonds. The van der Waals surface area contributed by atoms with Gasteiger partial charge in [0.15, 0.2) is 0 Å². The first-order valence-corrected chi connectivity index (χ1v) is 7.97. The summed E-state index contributed by atoms with van der Waals surface area (Å²) >= 11 is 0. The smallest absolute Gasteiger partial charge is 0.349 e. The largest absolute Gasteiger partial charge is 0.394 e. The van der Waals surface area contributed by atoms with Crippen LogP contribution in [0.15, 0.2) is 0 Å². The van der Waals surface area contributed by atoms with Gasteiger partial charge in [-0.15, -0.1) is 0 Å². The summed E-state index contributed by atoms with van der Waals surface area (Å²) in [6, 6.07) is 0. The summed E-state index contributed by atoms with van der Waals surface area (Å²) in [5.74, 6) is 0. The van der Waals surface area contributed by atoms with Crippen LogP contribution in [0, 0.1) is 0 Å². The highest BCUT2D eigenvalue weighted by atomic mass is 28.4. The van der Waals surface area contributed by atoms with Gasteiger partial charge in [-0.25, -0.2) is 0 Å². The van der Waals surface area contributed by atoms with E-state index in [0.717, 1.165) is 0 Å². The van der Waals surface area contributed by atoms with E-state index in [0.29, 0.717) is 0 Å². The van der Waals surface area contributed by atoms with E-state index in [2.05, 4.69) is 41.5 Å². The van der Waals surface area contributed by atoms with E-state index in [-0.39, 0.29) is 23.3 Å². The van der Waals surface area contributed by atoms with Crippen LogP contribution in [0.2, 0.25) is 10.1 Å². The van der Waals surface area contributed by atoms with Crippen molar-refractivity contribution in [3.8, 4) is 0 Å². The van der Waals surface area contributed by atoms with E-state index in [4.69, 9.17) is 8.85 Å². The van der Waals surface area contributed by atoms with Crippen LogP contribution in [-0.2, 0) is 8.85 Å². The highest BCUT2D eigenvalue weighted by Gasteiger charge is 2.61. The number of hydrogen-bond donors (Lipinski definition) is 2. The zero-order valence-corrected chi connectivity index (χ0v) is 12.8. The normalized spacial score (nSPS) is 30.4. The molecule has 0 radical (unpaired) electrons. The Labute approximate surface area is 105 Å². The fraction of sp³-hybridized carbons (Fsp3) is 1.00. The van der Waals surface area contributed by atoms with Gasteiger partial charge in [-0.2, -0.15) is 0 Å². The van der Waals surface area contributed by atoms with Crippen molar-refractivity contribution in [3.05, 3.63) is 0 Å². The second-order valence-electron chi connectivity index (χ2n) is 6.83. The predicted molar refractivity (Wildman–Crippen MR) is 69.1 cm³/mol. The fourth-order valence-electron chi connectivity index (χ4n) is 2.71. The van der Waals surface area contributed by atoms with Gasteiger partial charge in [-0.1, -0.05) is 41.5 Å². The third-order valence-electron chi connectivity index (χ3n) is 3.36. The van der Waals surface area contributed by atoms with E-state index in [9.17, 15) is 10.2 Å². The molecule has 0 spiro atoms. The molecule has 5 heteroatoms. The van der Waals surface area contributed by atoms with Gasteiger partial charge in [-0.3, -0.25) is 0 Å². The first-order valence-electron chi connectivity index (χ1n) is 6.16. The second-order valence-corrected chi connectivity index (χ2v) is 11.6. The van der Waals surface area contributed by atoms with Crippen molar-refractivity contribution in [2.45, 2.75) is 63.8 Å². The quantitative estimate of drug-likeness (QED) is 0.708. The average Bonchev–Trinajstić information content (AvgIpc) is 2.14. The molecule has 2 N–H and O–H groups in total. The molecule has 0 saturated carbocycles. The molecule has 0 aliphatic carbocycles. The number of rotatable bonds is 1. The lowest BCUT2D eigenvalue weighted by Gasteiger charge is -2.53. The van der Waals surface area contributed by atoms with Crippen LogP contribution in [0.4, 0.5) is 0 Å². The fourth-order valence-corrected chi connectivity index (χ4v) is 7.66. The van der Waals surface area contributed by atoms with Crippen molar-refractivity contribution in [1.82, 2.24) is 0 Å². The Morgan fingerprint density at radius 3 is 1.94 bits per heavy atom. The van der Waals surface area contributed by atoms with Crippen molar-refractivity contribution >= 4 is 8.56 Å². The highest BCUT2D eigenvalue weighted by Crippen LogP contribution is 2.53. The van der Waals surface area contributed by atoms with Gasteiger partial charge in [-0.05, 0) is 0 Å². The minimum absolute atomic E-state index is 0.112. The van der Waals surface area contributed by atoms with Crippen LogP contribution < -0.4 is 0 Å². The summed E-state index contributed by atoms with van der Waals surface area (Å²) < 4.78 is 12.1. The topological polar surface area (TPSA) is 58.9 Å². The molecule has 0 aromatic rings. The molecule has 102 valence electrons. The van der Waals surface area contributed by atoms with E-state index in [1.54, 1.807) is 0 Å². The van der Waals surface area contributed by atoms with E-state index in [1.807, 2.05) is 0 Å². The van der Waals surface area contributed by atoms with Gasteiger partial charge in [0, 0.05) is 10.1 Å². The minimum Gasteiger partial charge on any atom is -0.394 e. The van der Waals surface area contributed by atoms with Crippen LogP contribution in [0.25, 0.3) is 0 Å². The van der Waals surface area contributed by atoms with Crippen LogP contribution in [-0.4, -0.2) is 44.2 Å². The molecule has 1 aliphatic heterocycles. The molecule has 0 bridgehead atoms. The van der Waals surface area contributed by atoms with Gasteiger partial charge in [0.05, 0.1) is 19.3 Å². The molecular formula is C12H26O4Si. The Morgan fingerprint density at radius 1 is 1.12 bits per heavy atom. The number of hydrogen-bond acceptors (Lipinski definition) is 4. The van der Waals surface area contributed by atoms with Crippen LogP contribution in [0.5, 0.6) is 0 Å². The third kappa shape index (κ3) is 2.58. The Balaban J connectivity index is 3.10. The summed E-state index contributed by atoms with van der Waals surface area (Å²) in [6.45, 7) is 12.7. The van der Waals surface area contributed by atoms with Crippen LogP contribution in [0.1, 0.15) is 41.5 Å². The summed E-state index contributed by atoms with van der Waals surface area (Å²) in [4.78, 5) is 0. The minimum atomic E-state index is -2.53. The molecule has 2 atom stereocenters. The molecule has 1 saturated heterocycles. The van der Waals surface area contributed by atoms with Gasteiger partial charge in [0.25, 0.3) is 0 Å². The highest BCUT2D eigenvalue weighted by molar-refractivity contribution is 6.73. The van der Waals surface area contributed by atoms with Crippen molar-refractivity contribution < 1.29 is 19.1 Å². The monoisotopic (exact) mass is 262 g/mol. The average molecular weight is 262 g/mol. The summed E-state index contributed by atoms with van der Waals surface area (Å²) in [7, 11) is -2.53. The molecule has 1 aliphatic rings. The van der Waals surface area contributed by atoms with E-state index >= 15 is 0 Å². The molecule has 4 nitrogen and oxygen atoms in total. The molecule has 1 fully saturated rings. The molecule has 0 unspecified atom stereocenters. The van der Waals surface area contributed by atoms with Gasteiger partial charge < -0.3 is 19.1 Å². The Morgan fingerprint density at radius 2 is 1.59 bits per heavy atom. The molecule has 1 rings (SSSR count). The maximum absolute atomic E-state index is 9.74. The predicted octanol–water partition coefficient (Wildman–Crippen LogP) is 1.80. The zero-order valence-electron chi connectivity index (χ0n) is 11.8. The van der Waals surface area contributed by atoms with Gasteiger partial charge >= 0.3 is 8.56 Å². The maximum atomic E-state index is 9.74. The van der Waals surface area contributed by atoms with Crippen molar-refractivity contribution in [2.75, 3.05) is 13.2 Å². The summed E-state index contributed by atoms with van der Waals surface area (Å²) in [5.41, 5.74) is 0. The Kier molecular flexibility index (Phi) is 4.11. The lowest BCUT2D eigenvalue weighted by molar-refractivity contribution is -0.0915. The Bertz CT molecular complexity index is 253. The first kappa shape index (κ1) is 15.1. The lowest BCUT2D eigenvalue weighted by Crippen LogP contribution is -2.65. The summed E-state index contributed by atoms with van der Waals surface area (Å²) in [6.07, 6.45) is -1.25. The summed E-state index contributed by atoms with van der Waals surface area (Å²) in [5, 5.41) is 18.8. The molecule has 17 heavy (non-hydrogen) atoms. The van der Waals surface area contributed by atoms with E-state index in [1.165, 1.54) is 0 Å². The van der Waals surface area contributed by atoms with Crippen LogP contribution in [0.3, 0.4) is 0 Å². The third-order valence-corrected chi connectivity index (χ3v) is 8.52. The van der Waals surface area contributed by atoms with Crippen LogP contribution >= 0.6 is 0 Å². The van der Waals surface area contributed by atoms with Gasteiger partial charge in [0.2, 0.25) is 0 Å². The molecule has 1 heterocycles. The first-order chi connectivity index (χ1) is 7.55. The van der Waals surface area contributed by atoms with Gasteiger partial charge in [0.1, 0.15) is 6.10 Å². The molecular weight excluding hydrogens is 236 g/mol. The van der Waals surface area contributed by atoms with Crippen molar-refractivity contribution in [3.63, 3.8) is 0 Å². The Hall–Kier alpha value is 0.0569. The lowest BCUT2D eigenvalue weighted by atomic mass is 10.2.